The van der Waals surface area contributed by atoms with Gasteiger partial charge in [-0.3, -0.25) is 4.68 Å². The Kier molecular flexibility index (Phi) is 3.21. The Hall–Kier alpha value is -1.00. The molecule has 0 aromatic carbocycles. The standard InChI is InChI=1S/C10H12Cl2N4/c1-7-10(12)9(15(2)14-7)5-16-4-8(3-11)13-6-16/h4,6H,3,5H2,1-2H3. The third-order valence-corrected chi connectivity index (χ3v) is 3.18. The van der Waals surface area contributed by atoms with Gasteiger partial charge in [0.05, 0.1) is 40.9 Å². The number of nitrogens with zero attached hydrogens (tertiary/aromatic N) is 4. The van der Waals surface area contributed by atoms with E-state index in [9.17, 15) is 0 Å². The van der Waals surface area contributed by atoms with Crippen molar-refractivity contribution < 1.29 is 0 Å². The molecule has 2 rings (SSSR count). The molecule has 0 amide bonds. The second kappa shape index (κ2) is 4.47. The lowest BCUT2D eigenvalue weighted by atomic mass is 10.3. The molecule has 0 unspecified atom stereocenters. The maximum absolute atomic E-state index is 6.16. The molecule has 0 aliphatic rings. The smallest absolute Gasteiger partial charge is 0.0953 e. The van der Waals surface area contributed by atoms with E-state index in [4.69, 9.17) is 23.2 Å². The normalized spacial score (nSPS) is 11.0. The largest absolute Gasteiger partial charge is 0.331 e. The summed E-state index contributed by atoms with van der Waals surface area (Å²) < 4.78 is 3.73. The molecule has 2 aromatic rings. The first-order valence-corrected chi connectivity index (χ1v) is 5.77. The molecule has 0 radical (unpaired) electrons. The Bertz CT molecular complexity index is 501. The first kappa shape index (κ1) is 11.5. The van der Waals surface area contributed by atoms with Gasteiger partial charge in [-0.2, -0.15) is 5.10 Å². The molecule has 0 saturated heterocycles. The molecule has 0 bridgehead atoms. The van der Waals surface area contributed by atoms with E-state index in [1.54, 1.807) is 11.0 Å². The van der Waals surface area contributed by atoms with Crippen molar-refractivity contribution in [1.29, 1.82) is 0 Å². The number of hydrogen-bond donors (Lipinski definition) is 0. The third-order valence-electron chi connectivity index (χ3n) is 2.42. The SMILES string of the molecule is Cc1nn(C)c(Cn2cnc(CCl)c2)c1Cl. The first-order valence-electron chi connectivity index (χ1n) is 4.86. The number of halogens is 2. The summed E-state index contributed by atoms with van der Waals surface area (Å²) in [4.78, 5) is 4.16. The average molecular weight is 259 g/mol. The van der Waals surface area contributed by atoms with Crippen molar-refractivity contribution in [3.05, 3.63) is 34.6 Å². The summed E-state index contributed by atoms with van der Waals surface area (Å²) in [5.74, 6) is 0.422. The fourth-order valence-electron chi connectivity index (χ4n) is 1.59. The number of imidazole rings is 1. The van der Waals surface area contributed by atoms with Crippen molar-refractivity contribution in [3.8, 4) is 0 Å². The second-order valence-corrected chi connectivity index (χ2v) is 4.29. The van der Waals surface area contributed by atoms with E-state index in [1.807, 2.05) is 24.7 Å². The Labute approximate surface area is 104 Å². The van der Waals surface area contributed by atoms with Gasteiger partial charge in [-0.25, -0.2) is 4.98 Å². The van der Waals surface area contributed by atoms with Crippen molar-refractivity contribution in [2.45, 2.75) is 19.3 Å². The molecule has 0 fully saturated rings. The average Bonchev–Trinajstić information content (AvgIpc) is 2.80. The van der Waals surface area contributed by atoms with Gasteiger partial charge >= 0.3 is 0 Å². The van der Waals surface area contributed by atoms with Crippen LogP contribution >= 0.6 is 23.2 Å². The molecule has 0 N–H and O–H groups in total. The molecule has 0 aliphatic heterocycles. The molecule has 0 atom stereocenters. The van der Waals surface area contributed by atoms with Gasteiger partial charge in [-0.1, -0.05) is 11.6 Å². The Morgan fingerprint density at radius 2 is 2.19 bits per heavy atom. The summed E-state index contributed by atoms with van der Waals surface area (Å²) in [5, 5.41) is 4.97. The molecule has 0 aliphatic carbocycles. The minimum Gasteiger partial charge on any atom is -0.331 e. The summed E-state index contributed by atoms with van der Waals surface area (Å²) in [5.41, 5.74) is 2.67. The van der Waals surface area contributed by atoms with Gasteiger partial charge in [0.2, 0.25) is 0 Å². The van der Waals surface area contributed by atoms with Gasteiger partial charge in [0.25, 0.3) is 0 Å². The maximum Gasteiger partial charge on any atom is 0.0953 e. The van der Waals surface area contributed by atoms with Crippen LogP contribution in [0.4, 0.5) is 0 Å². The summed E-state index contributed by atoms with van der Waals surface area (Å²) in [7, 11) is 1.88. The van der Waals surface area contributed by atoms with Gasteiger partial charge in [0, 0.05) is 13.2 Å². The molecular formula is C10H12Cl2N4. The topological polar surface area (TPSA) is 35.6 Å². The number of aryl methyl sites for hydroxylation is 2. The van der Waals surface area contributed by atoms with Gasteiger partial charge in [-0.15, -0.1) is 11.6 Å². The second-order valence-electron chi connectivity index (χ2n) is 3.64. The Balaban J connectivity index is 2.26. The van der Waals surface area contributed by atoms with Crippen LogP contribution in [0.1, 0.15) is 17.1 Å². The van der Waals surface area contributed by atoms with Crippen LogP contribution in [0.25, 0.3) is 0 Å². The molecule has 0 spiro atoms. The highest BCUT2D eigenvalue weighted by Gasteiger charge is 2.11. The van der Waals surface area contributed by atoms with E-state index in [0.717, 1.165) is 17.1 Å². The molecule has 4 nitrogen and oxygen atoms in total. The molecule has 16 heavy (non-hydrogen) atoms. The van der Waals surface area contributed by atoms with Crippen LogP contribution in [-0.2, 0) is 19.5 Å². The quantitative estimate of drug-likeness (QED) is 0.793. The predicted octanol–water partition coefficient (Wildman–Crippen LogP) is 2.37. The fraction of sp³-hybridized carbons (Fsp3) is 0.400. The van der Waals surface area contributed by atoms with E-state index in [2.05, 4.69) is 10.1 Å². The summed E-state index contributed by atoms with van der Waals surface area (Å²) in [6.07, 6.45) is 3.65. The maximum atomic E-state index is 6.16. The predicted molar refractivity (Wildman–Crippen MR) is 63.8 cm³/mol. The number of rotatable bonds is 3. The first-order chi connectivity index (χ1) is 7.61. The van der Waals surface area contributed by atoms with Crippen LogP contribution in [0.2, 0.25) is 5.02 Å². The lowest BCUT2D eigenvalue weighted by Gasteiger charge is -2.03. The van der Waals surface area contributed by atoms with Crippen LogP contribution < -0.4 is 0 Å². The minimum absolute atomic E-state index is 0.422. The van der Waals surface area contributed by atoms with E-state index in [1.165, 1.54) is 0 Å². The summed E-state index contributed by atoms with van der Waals surface area (Å²) in [6.45, 7) is 2.55. The van der Waals surface area contributed by atoms with Gasteiger partial charge in [0.15, 0.2) is 0 Å². The lowest BCUT2D eigenvalue weighted by molar-refractivity contribution is 0.663. The zero-order valence-electron chi connectivity index (χ0n) is 9.11. The molecule has 6 heteroatoms. The molecule has 0 saturated carbocycles. The summed E-state index contributed by atoms with van der Waals surface area (Å²) in [6, 6.07) is 0. The van der Waals surface area contributed by atoms with Gasteiger partial charge in [-0.05, 0) is 6.92 Å². The highest BCUT2D eigenvalue weighted by molar-refractivity contribution is 6.31. The zero-order valence-corrected chi connectivity index (χ0v) is 10.6. The fourth-order valence-corrected chi connectivity index (χ4v) is 1.94. The van der Waals surface area contributed by atoms with Crippen molar-refractivity contribution >= 4 is 23.2 Å². The van der Waals surface area contributed by atoms with Crippen molar-refractivity contribution in [3.63, 3.8) is 0 Å². The van der Waals surface area contributed by atoms with Crippen molar-refractivity contribution in [2.24, 2.45) is 7.05 Å². The van der Waals surface area contributed by atoms with Crippen LogP contribution in [0.3, 0.4) is 0 Å². The van der Waals surface area contributed by atoms with Crippen LogP contribution in [0.5, 0.6) is 0 Å². The molecule has 2 heterocycles. The number of hydrogen-bond acceptors (Lipinski definition) is 2. The van der Waals surface area contributed by atoms with Gasteiger partial charge < -0.3 is 4.57 Å². The van der Waals surface area contributed by atoms with E-state index in [-0.39, 0.29) is 0 Å². The highest BCUT2D eigenvalue weighted by atomic mass is 35.5. The van der Waals surface area contributed by atoms with Crippen LogP contribution in [0.15, 0.2) is 12.5 Å². The van der Waals surface area contributed by atoms with E-state index >= 15 is 0 Å². The Morgan fingerprint density at radius 3 is 2.69 bits per heavy atom. The van der Waals surface area contributed by atoms with Crippen LogP contribution in [0, 0.1) is 6.92 Å². The zero-order chi connectivity index (χ0) is 11.7. The van der Waals surface area contributed by atoms with E-state index < -0.39 is 0 Å². The lowest BCUT2D eigenvalue weighted by Crippen LogP contribution is -2.04. The third kappa shape index (κ3) is 2.08. The van der Waals surface area contributed by atoms with Crippen LogP contribution in [-0.4, -0.2) is 19.3 Å². The van der Waals surface area contributed by atoms with Gasteiger partial charge in [0.1, 0.15) is 0 Å². The number of alkyl halides is 1. The van der Waals surface area contributed by atoms with Crippen molar-refractivity contribution in [2.75, 3.05) is 0 Å². The molecule has 2 aromatic heterocycles. The summed E-state index contributed by atoms with van der Waals surface area (Å²) >= 11 is 11.9. The highest BCUT2D eigenvalue weighted by Crippen LogP contribution is 2.20. The minimum atomic E-state index is 0.422. The Morgan fingerprint density at radius 1 is 1.44 bits per heavy atom. The van der Waals surface area contributed by atoms with E-state index in [0.29, 0.717) is 17.4 Å². The molecule has 86 valence electrons. The molecular weight excluding hydrogens is 247 g/mol. The monoisotopic (exact) mass is 258 g/mol. The number of aromatic nitrogens is 4. The van der Waals surface area contributed by atoms with Crippen molar-refractivity contribution in [1.82, 2.24) is 19.3 Å².